The lowest BCUT2D eigenvalue weighted by Crippen LogP contribution is -2.48. The summed E-state index contributed by atoms with van der Waals surface area (Å²) in [6.45, 7) is 7.41. The van der Waals surface area contributed by atoms with Gasteiger partial charge in [0.25, 0.3) is 0 Å². The molecule has 0 aliphatic heterocycles. The Hall–Kier alpha value is -2.04. The van der Waals surface area contributed by atoms with Gasteiger partial charge in [0.05, 0.1) is 12.5 Å². The molecule has 2 N–H and O–H groups in total. The molecule has 1 atom stereocenters. The molecule has 5 heteroatoms. The topological polar surface area (TPSA) is 75.6 Å². The Bertz CT molecular complexity index is 520. The van der Waals surface area contributed by atoms with Crippen molar-refractivity contribution >= 4 is 11.9 Å². The maximum absolute atomic E-state index is 12.5. The molecule has 0 heterocycles. The molecular formula is C17H25NO4. The fraction of sp³-hybridized carbons (Fsp3) is 0.529. The highest BCUT2D eigenvalue weighted by Gasteiger charge is 2.33. The van der Waals surface area contributed by atoms with Crippen molar-refractivity contribution in [1.82, 2.24) is 5.32 Å². The monoisotopic (exact) mass is 307 g/mol. The summed E-state index contributed by atoms with van der Waals surface area (Å²) >= 11 is 0. The van der Waals surface area contributed by atoms with E-state index in [1.807, 2.05) is 26.0 Å². The van der Waals surface area contributed by atoms with E-state index < -0.39 is 17.4 Å². The molecule has 0 bridgehead atoms. The van der Waals surface area contributed by atoms with Crippen molar-refractivity contribution in [2.45, 2.75) is 45.6 Å². The number of amides is 1. The molecule has 1 amide bonds. The van der Waals surface area contributed by atoms with Crippen molar-refractivity contribution in [3.8, 4) is 5.75 Å². The highest BCUT2D eigenvalue weighted by molar-refractivity contribution is 5.90. The highest BCUT2D eigenvalue weighted by Crippen LogP contribution is 2.26. The summed E-state index contributed by atoms with van der Waals surface area (Å²) in [4.78, 5) is 23.8. The Morgan fingerprint density at radius 3 is 2.18 bits per heavy atom. The number of ether oxygens (including phenoxy) is 1. The minimum Gasteiger partial charge on any atom is -0.497 e. The van der Waals surface area contributed by atoms with Crippen LogP contribution in [0.5, 0.6) is 5.75 Å². The van der Waals surface area contributed by atoms with Crippen molar-refractivity contribution < 1.29 is 19.4 Å². The predicted molar refractivity (Wildman–Crippen MR) is 85.0 cm³/mol. The summed E-state index contributed by atoms with van der Waals surface area (Å²) in [6.07, 6.45) is 0.403. The Kier molecular flexibility index (Phi) is 5.97. The molecule has 0 unspecified atom stereocenters. The zero-order valence-corrected chi connectivity index (χ0v) is 13.8. The average Bonchev–Trinajstić information content (AvgIpc) is 2.45. The smallest absolute Gasteiger partial charge is 0.326 e. The largest absolute Gasteiger partial charge is 0.497 e. The molecule has 122 valence electrons. The number of hydrogen-bond donors (Lipinski definition) is 2. The van der Waals surface area contributed by atoms with Gasteiger partial charge >= 0.3 is 5.97 Å². The number of carbonyl (C=O) groups excluding carboxylic acids is 1. The summed E-state index contributed by atoms with van der Waals surface area (Å²) in [5.41, 5.74) is -0.0174. The highest BCUT2D eigenvalue weighted by atomic mass is 16.5. The number of rotatable bonds is 7. The first-order valence-corrected chi connectivity index (χ1v) is 7.36. The Morgan fingerprint density at radius 2 is 1.77 bits per heavy atom. The number of benzene rings is 1. The van der Waals surface area contributed by atoms with E-state index in [0.717, 1.165) is 5.56 Å². The number of carboxylic acids is 1. The van der Waals surface area contributed by atoms with Crippen LogP contribution >= 0.6 is 0 Å². The lowest BCUT2D eigenvalue weighted by atomic mass is 9.83. The molecule has 5 nitrogen and oxygen atoms in total. The Morgan fingerprint density at radius 1 is 1.23 bits per heavy atom. The quantitative estimate of drug-likeness (QED) is 0.812. The van der Waals surface area contributed by atoms with Crippen LogP contribution in [0, 0.1) is 5.92 Å². The van der Waals surface area contributed by atoms with Crippen molar-refractivity contribution in [3.63, 3.8) is 0 Å². The van der Waals surface area contributed by atoms with Gasteiger partial charge in [-0.15, -0.1) is 0 Å². The molecule has 0 radical (unpaired) electrons. The lowest BCUT2D eigenvalue weighted by Gasteiger charge is -2.27. The number of carboxylic acid groups (broad SMARTS) is 1. The molecule has 0 saturated carbocycles. The molecular weight excluding hydrogens is 282 g/mol. The Balaban J connectivity index is 2.90. The summed E-state index contributed by atoms with van der Waals surface area (Å²) in [5, 5.41) is 11.9. The van der Waals surface area contributed by atoms with Gasteiger partial charge in [-0.1, -0.05) is 26.0 Å². The van der Waals surface area contributed by atoms with E-state index in [4.69, 9.17) is 4.74 Å². The van der Waals surface area contributed by atoms with Gasteiger partial charge in [0, 0.05) is 0 Å². The van der Waals surface area contributed by atoms with E-state index in [9.17, 15) is 14.7 Å². The van der Waals surface area contributed by atoms with Gasteiger partial charge in [-0.25, -0.2) is 4.79 Å². The fourth-order valence-electron chi connectivity index (χ4n) is 2.17. The summed E-state index contributed by atoms with van der Waals surface area (Å²) in [6, 6.07) is 6.33. The normalized spacial score (nSPS) is 12.8. The van der Waals surface area contributed by atoms with Crippen LogP contribution in [0.15, 0.2) is 24.3 Å². The van der Waals surface area contributed by atoms with E-state index in [1.165, 1.54) is 0 Å². The number of nitrogens with one attached hydrogen (secondary N) is 1. The van der Waals surface area contributed by atoms with Gasteiger partial charge in [-0.2, -0.15) is 0 Å². The third-order valence-electron chi connectivity index (χ3n) is 3.69. The summed E-state index contributed by atoms with van der Waals surface area (Å²) in [7, 11) is 1.58. The molecule has 0 aliphatic rings. The second-order valence-electron chi connectivity index (χ2n) is 6.35. The van der Waals surface area contributed by atoms with Gasteiger partial charge in [0.2, 0.25) is 5.91 Å². The van der Waals surface area contributed by atoms with Crippen LogP contribution in [0.1, 0.15) is 39.7 Å². The maximum atomic E-state index is 12.5. The summed E-state index contributed by atoms with van der Waals surface area (Å²) < 4.78 is 5.10. The maximum Gasteiger partial charge on any atom is 0.326 e. The van der Waals surface area contributed by atoms with Crippen LogP contribution in [0.2, 0.25) is 0 Å². The van der Waals surface area contributed by atoms with Crippen molar-refractivity contribution in [2.75, 3.05) is 7.11 Å². The van der Waals surface area contributed by atoms with Crippen molar-refractivity contribution in [3.05, 3.63) is 29.8 Å². The van der Waals surface area contributed by atoms with Crippen molar-refractivity contribution in [1.29, 1.82) is 0 Å². The second kappa shape index (κ2) is 7.29. The van der Waals surface area contributed by atoms with E-state index >= 15 is 0 Å². The molecule has 0 aliphatic carbocycles. The lowest BCUT2D eigenvalue weighted by molar-refractivity contribution is -0.143. The first-order valence-electron chi connectivity index (χ1n) is 7.36. The molecule has 22 heavy (non-hydrogen) atoms. The van der Waals surface area contributed by atoms with Crippen LogP contribution in [0.3, 0.4) is 0 Å². The minimum atomic E-state index is -1.01. The van der Waals surface area contributed by atoms with Gasteiger partial charge in [-0.05, 0) is 43.9 Å². The third-order valence-corrected chi connectivity index (χ3v) is 3.69. The molecule has 0 aromatic heterocycles. The first kappa shape index (κ1) is 18.0. The fourth-order valence-corrected chi connectivity index (χ4v) is 2.17. The molecule has 1 aromatic rings. The molecule has 0 fully saturated rings. The second-order valence-corrected chi connectivity index (χ2v) is 6.35. The van der Waals surface area contributed by atoms with Gasteiger partial charge < -0.3 is 15.2 Å². The molecule has 1 rings (SSSR count). The molecule has 1 aromatic carbocycles. The van der Waals surface area contributed by atoms with Gasteiger partial charge in [0.15, 0.2) is 0 Å². The van der Waals surface area contributed by atoms with Gasteiger partial charge in [0.1, 0.15) is 11.8 Å². The van der Waals surface area contributed by atoms with Crippen LogP contribution in [0.25, 0.3) is 0 Å². The number of hydrogen-bond acceptors (Lipinski definition) is 3. The van der Waals surface area contributed by atoms with Crippen LogP contribution in [-0.4, -0.2) is 30.1 Å². The SMILES string of the molecule is COc1ccc(C(C)(C)C(=O)N[C@H](CC(C)C)C(=O)O)cc1. The standard InChI is InChI=1S/C17H25NO4/c1-11(2)10-14(15(19)20)18-16(21)17(3,4)12-6-8-13(22-5)9-7-12/h6-9,11,14H,10H2,1-5H3,(H,18,21)(H,19,20)/t14-/m1/s1. The average molecular weight is 307 g/mol. The van der Waals surface area contributed by atoms with Crippen molar-refractivity contribution in [2.24, 2.45) is 5.92 Å². The van der Waals surface area contributed by atoms with Gasteiger partial charge in [-0.3, -0.25) is 4.79 Å². The van der Waals surface area contributed by atoms with E-state index in [1.54, 1.807) is 33.1 Å². The number of methoxy groups -OCH3 is 1. The first-order chi connectivity index (χ1) is 10.2. The zero-order valence-electron chi connectivity index (χ0n) is 13.8. The molecule has 0 spiro atoms. The summed E-state index contributed by atoms with van der Waals surface area (Å²) in [5.74, 6) is -0.410. The van der Waals surface area contributed by atoms with E-state index in [-0.39, 0.29) is 11.8 Å². The zero-order chi connectivity index (χ0) is 16.9. The van der Waals surface area contributed by atoms with E-state index in [2.05, 4.69) is 5.32 Å². The Labute approximate surface area is 131 Å². The number of aliphatic carboxylic acids is 1. The van der Waals surface area contributed by atoms with Crippen LogP contribution in [-0.2, 0) is 15.0 Å². The predicted octanol–water partition coefficient (Wildman–Crippen LogP) is 2.59. The van der Waals surface area contributed by atoms with Crippen LogP contribution in [0.4, 0.5) is 0 Å². The number of carbonyl (C=O) groups is 2. The minimum absolute atomic E-state index is 0.186. The van der Waals surface area contributed by atoms with E-state index in [0.29, 0.717) is 12.2 Å². The van der Waals surface area contributed by atoms with Crippen LogP contribution < -0.4 is 10.1 Å². The third kappa shape index (κ3) is 4.48. The molecule has 0 saturated heterocycles.